The molecule has 15 nitrogen and oxygen atoms in total. The van der Waals surface area contributed by atoms with Gasteiger partial charge in [0.25, 0.3) is 0 Å². The summed E-state index contributed by atoms with van der Waals surface area (Å²) in [5, 5.41) is 38.0. The van der Waals surface area contributed by atoms with Crippen LogP contribution in [0.4, 0.5) is 11.8 Å². The maximum atomic E-state index is 11.9. The van der Waals surface area contributed by atoms with Gasteiger partial charge < -0.3 is 25.0 Å². The lowest BCUT2D eigenvalue weighted by Crippen LogP contribution is -2.36. The van der Waals surface area contributed by atoms with Gasteiger partial charge in [0.15, 0.2) is 22.8 Å². The topological polar surface area (TPSA) is 189 Å². The number of fused-ring (bicyclic) bond motifs is 1. The summed E-state index contributed by atoms with van der Waals surface area (Å²) in [5.74, 6) is 1.40. The molecule has 47 heavy (non-hydrogen) atoms. The first kappa shape index (κ1) is 31.1. The van der Waals surface area contributed by atoms with E-state index in [2.05, 4.69) is 49.7 Å². The Morgan fingerprint density at radius 2 is 1.66 bits per heavy atom. The quantitative estimate of drug-likeness (QED) is 0.169. The van der Waals surface area contributed by atoms with Crippen LogP contribution in [0.5, 0.6) is 0 Å². The van der Waals surface area contributed by atoms with Crippen molar-refractivity contribution in [3.8, 4) is 0 Å². The highest BCUT2D eigenvalue weighted by Crippen LogP contribution is 2.40. The van der Waals surface area contributed by atoms with Gasteiger partial charge >= 0.3 is 0 Å². The van der Waals surface area contributed by atoms with Gasteiger partial charge in [0, 0.05) is 31.6 Å². The molecule has 1 saturated heterocycles. The Kier molecular flexibility index (Phi) is 8.34. The van der Waals surface area contributed by atoms with Crippen LogP contribution in [-0.2, 0) is 10.0 Å². The van der Waals surface area contributed by atoms with Crippen molar-refractivity contribution in [2.75, 3.05) is 36.1 Å². The number of benzene rings is 2. The van der Waals surface area contributed by atoms with Crippen molar-refractivity contribution < 1.29 is 18.6 Å². The molecular formula is C31H37N11O4S. The zero-order valence-electron chi connectivity index (χ0n) is 26.0. The molecule has 1 aliphatic heterocycles. The van der Waals surface area contributed by atoms with Crippen LogP contribution in [0.1, 0.15) is 47.8 Å². The number of aliphatic hydroxyl groups is 2. The van der Waals surface area contributed by atoms with Crippen LogP contribution in [0, 0.1) is 6.92 Å². The Balaban J connectivity index is 1.25. The van der Waals surface area contributed by atoms with E-state index in [1.165, 1.54) is 4.80 Å². The fourth-order valence-corrected chi connectivity index (χ4v) is 7.48. The molecule has 0 spiro atoms. The third kappa shape index (κ3) is 6.41. The largest absolute Gasteiger partial charge is 0.388 e. The first-order valence-corrected chi connectivity index (χ1v) is 17.5. The molecule has 5 aromatic rings. The summed E-state index contributed by atoms with van der Waals surface area (Å²) in [6.07, 6.45) is 1.40. The molecule has 0 bridgehead atoms. The number of aromatic nitrogens is 8. The minimum absolute atomic E-state index is 0.00859. The van der Waals surface area contributed by atoms with Gasteiger partial charge in [-0.05, 0) is 36.1 Å². The first-order chi connectivity index (χ1) is 22.6. The lowest BCUT2D eigenvalue weighted by atomic mass is 9.91. The molecule has 16 heteroatoms. The van der Waals surface area contributed by atoms with E-state index in [-0.39, 0.29) is 12.0 Å². The lowest BCUT2D eigenvalue weighted by molar-refractivity contribution is 0.00474. The molecule has 7 rings (SSSR count). The number of aryl methyl sites for hydroxylation is 1. The summed E-state index contributed by atoms with van der Waals surface area (Å²) < 4.78 is 28.4. The summed E-state index contributed by atoms with van der Waals surface area (Å²) in [6.45, 7) is 3.17. The number of hydrogen-bond acceptors (Lipinski definition) is 12. The number of nitrogens with one attached hydrogen (secondary N) is 2. The zero-order valence-corrected chi connectivity index (χ0v) is 26.8. The van der Waals surface area contributed by atoms with Gasteiger partial charge in [0.2, 0.25) is 16.0 Å². The molecule has 1 unspecified atom stereocenters. The number of rotatable bonds is 10. The number of sulfonamides is 1. The summed E-state index contributed by atoms with van der Waals surface area (Å²) in [5.41, 5.74) is 3.27. The second-order valence-electron chi connectivity index (χ2n) is 12.3. The minimum Gasteiger partial charge on any atom is -0.388 e. The fourth-order valence-electron chi connectivity index (χ4n) is 6.68. The summed E-state index contributed by atoms with van der Waals surface area (Å²) in [4.78, 5) is 17.8. The second-order valence-corrected chi connectivity index (χ2v) is 14.1. The maximum absolute atomic E-state index is 11.9. The van der Waals surface area contributed by atoms with Crippen LogP contribution in [-0.4, -0.2) is 102 Å². The summed E-state index contributed by atoms with van der Waals surface area (Å²) >= 11 is 0. The predicted octanol–water partition coefficient (Wildman–Crippen LogP) is 1.40. The Hall–Kier alpha value is -4.51. The Bertz CT molecular complexity index is 1910. The second kappa shape index (κ2) is 12.6. The maximum Gasteiger partial charge on any atom is 0.229 e. The van der Waals surface area contributed by atoms with E-state index >= 15 is 0 Å². The molecule has 4 heterocycles. The van der Waals surface area contributed by atoms with Crippen molar-refractivity contribution in [2.24, 2.45) is 0 Å². The van der Waals surface area contributed by atoms with Gasteiger partial charge in [0.05, 0.1) is 18.6 Å². The highest BCUT2D eigenvalue weighted by Gasteiger charge is 2.45. The van der Waals surface area contributed by atoms with E-state index in [4.69, 9.17) is 15.0 Å². The van der Waals surface area contributed by atoms with Crippen LogP contribution >= 0.6 is 0 Å². The highest BCUT2D eigenvalue weighted by atomic mass is 32.2. The SMILES string of the molecule is Cc1nnn([C@H]2CC(n3cnc4c(NCC(c5ccccc5)c5ccccc5)nc(N5CC[C@@H](NS(C)(=O)=O)C5)nc43)[C@H](O)[C@@H]2O)n1. The molecule has 246 valence electrons. The van der Waals surface area contributed by atoms with Gasteiger partial charge in [0.1, 0.15) is 18.2 Å². The molecule has 3 aromatic heterocycles. The van der Waals surface area contributed by atoms with E-state index < -0.39 is 34.3 Å². The van der Waals surface area contributed by atoms with Crippen molar-refractivity contribution in [3.63, 3.8) is 0 Å². The number of aliphatic hydroxyl groups excluding tert-OH is 2. The minimum atomic E-state index is -3.39. The van der Waals surface area contributed by atoms with E-state index in [1.807, 2.05) is 41.3 Å². The third-order valence-corrected chi connectivity index (χ3v) is 9.70. The molecule has 0 amide bonds. The van der Waals surface area contributed by atoms with Crippen LogP contribution in [0.15, 0.2) is 67.0 Å². The average Bonchev–Trinajstić information content (AvgIpc) is 3.85. The van der Waals surface area contributed by atoms with E-state index in [9.17, 15) is 18.6 Å². The molecule has 2 aliphatic rings. The Morgan fingerprint density at radius 3 is 2.30 bits per heavy atom. The molecule has 2 fully saturated rings. The number of imidazole rings is 1. The Labute approximate surface area is 271 Å². The number of anilines is 2. The van der Waals surface area contributed by atoms with Crippen molar-refractivity contribution >= 4 is 33.0 Å². The van der Waals surface area contributed by atoms with Crippen LogP contribution < -0.4 is 14.9 Å². The lowest BCUT2D eigenvalue weighted by Gasteiger charge is -2.22. The predicted molar refractivity (Wildman–Crippen MR) is 174 cm³/mol. The van der Waals surface area contributed by atoms with E-state index in [1.54, 1.807) is 17.8 Å². The van der Waals surface area contributed by atoms with Gasteiger partial charge in [-0.3, -0.25) is 0 Å². The molecule has 5 atom stereocenters. The number of tetrazole rings is 1. The smallest absolute Gasteiger partial charge is 0.229 e. The highest BCUT2D eigenvalue weighted by molar-refractivity contribution is 7.88. The third-order valence-electron chi connectivity index (χ3n) is 8.94. The number of nitrogens with zero attached hydrogens (tertiary/aromatic N) is 9. The van der Waals surface area contributed by atoms with E-state index in [0.717, 1.165) is 17.4 Å². The van der Waals surface area contributed by atoms with Crippen molar-refractivity contribution in [2.45, 2.75) is 56.0 Å². The normalized spacial score (nSPS) is 23.3. The molecule has 2 aromatic carbocycles. The molecule has 4 N–H and O–H groups in total. The molecular weight excluding hydrogens is 622 g/mol. The number of hydrogen-bond donors (Lipinski definition) is 4. The monoisotopic (exact) mass is 659 g/mol. The standard InChI is InChI=1S/C31H37N11O4S/c1-19-36-39-42(37-19)25-15-24(27(43)28(25)44)41-18-33-26-29(32-16-23(20-9-5-3-6-10-20)21-11-7-4-8-12-21)34-31(35-30(26)41)40-14-13-22(17-40)38-47(2,45)46/h3-12,18,22-25,27-28,38,43-44H,13-17H2,1-2H3,(H,32,34,35)/t22-,24?,25+,27+,28-/m1/s1. The average molecular weight is 660 g/mol. The van der Waals surface area contributed by atoms with Crippen molar-refractivity contribution in [1.82, 2.24) is 44.4 Å². The van der Waals surface area contributed by atoms with Gasteiger partial charge in [-0.15, -0.1) is 10.2 Å². The van der Waals surface area contributed by atoms with Gasteiger partial charge in [-0.1, -0.05) is 60.7 Å². The van der Waals surface area contributed by atoms with Crippen LogP contribution in [0.2, 0.25) is 0 Å². The van der Waals surface area contributed by atoms with Crippen molar-refractivity contribution in [3.05, 3.63) is 83.9 Å². The van der Waals surface area contributed by atoms with Crippen LogP contribution in [0.3, 0.4) is 0 Å². The van der Waals surface area contributed by atoms with Gasteiger partial charge in [-0.25, -0.2) is 18.1 Å². The fraction of sp³-hybridized carbons (Fsp3) is 0.419. The van der Waals surface area contributed by atoms with Crippen LogP contribution in [0.25, 0.3) is 11.2 Å². The first-order valence-electron chi connectivity index (χ1n) is 15.6. The van der Waals surface area contributed by atoms with E-state index in [0.29, 0.717) is 61.2 Å². The molecule has 0 radical (unpaired) electrons. The van der Waals surface area contributed by atoms with Crippen molar-refractivity contribution in [1.29, 1.82) is 0 Å². The Morgan fingerprint density at radius 1 is 0.979 bits per heavy atom. The zero-order chi connectivity index (χ0) is 32.7. The summed E-state index contributed by atoms with van der Waals surface area (Å²) in [7, 11) is -3.39. The summed E-state index contributed by atoms with van der Waals surface area (Å²) in [6, 6.07) is 19.0. The molecule has 1 saturated carbocycles. The van der Waals surface area contributed by atoms with Gasteiger partial charge in [-0.2, -0.15) is 14.8 Å². The molecule has 1 aliphatic carbocycles.